The second-order valence-electron chi connectivity index (χ2n) is 7.09. The lowest BCUT2D eigenvalue weighted by molar-refractivity contribution is -0.136. The van der Waals surface area contributed by atoms with Gasteiger partial charge in [0.15, 0.2) is 0 Å². The van der Waals surface area contributed by atoms with Gasteiger partial charge in [0.2, 0.25) is 5.91 Å². The molecule has 1 heterocycles. The van der Waals surface area contributed by atoms with Crippen molar-refractivity contribution in [3.63, 3.8) is 0 Å². The second kappa shape index (κ2) is 7.35. The fourth-order valence-electron chi connectivity index (χ4n) is 3.95. The molecule has 1 saturated carbocycles. The topological polar surface area (TPSA) is 55.6 Å². The average Bonchev–Trinajstić information content (AvgIpc) is 3.02. The Balaban J connectivity index is 1.47. The summed E-state index contributed by atoms with van der Waals surface area (Å²) in [5.74, 6) is 2.12. The van der Waals surface area contributed by atoms with Crippen LogP contribution in [-0.2, 0) is 11.2 Å². The molecule has 4 heteroatoms. The van der Waals surface area contributed by atoms with E-state index in [1.54, 1.807) is 7.11 Å². The number of hydrogen-bond acceptors (Lipinski definition) is 3. The Kier molecular flexibility index (Phi) is 5.21. The van der Waals surface area contributed by atoms with E-state index in [0.717, 1.165) is 57.4 Å². The second-order valence-corrected chi connectivity index (χ2v) is 7.09. The number of benzene rings is 1. The molecular formula is C19H28N2O2. The molecule has 2 atom stereocenters. The van der Waals surface area contributed by atoms with Gasteiger partial charge in [-0.05, 0) is 62.1 Å². The highest BCUT2D eigenvalue weighted by Crippen LogP contribution is 2.29. The largest absolute Gasteiger partial charge is 0.497 e. The fraction of sp³-hybridized carbons (Fsp3) is 0.632. The number of rotatable bonds is 4. The average molecular weight is 316 g/mol. The number of likely N-dealkylation sites (tertiary alicyclic amines) is 1. The van der Waals surface area contributed by atoms with E-state index in [9.17, 15) is 4.79 Å². The predicted octanol–water partition coefficient (Wildman–Crippen LogP) is 2.60. The van der Waals surface area contributed by atoms with Crippen molar-refractivity contribution < 1.29 is 9.53 Å². The monoisotopic (exact) mass is 316 g/mol. The lowest BCUT2D eigenvalue weighted by Gasteiger charge is -2.33. The van der Waals surface area contributed by atoms with Crippen LogP contribution in [0.2, 0.25) is 0 Å². The zero-order valence-electron chi connectivity index (χ0n) is 14.0. The minimum Gasteiger partial charge on any atom is -0.497 e. The summed E-state index contributed by atoms with van der Waals surface area (Å²) in [6, 6.07) is 8.58. The Bertz CT molecular complexity index is 521. The van der Waals surface area contributed by atoms with Gasteiger partial charge in [0.1, 0.15) is 5.75 Å². The van der Waals surface area contributed by atoms with Gasteiger partial charge in [-0.15, -0.1) is 0 Å². The SMILES string of the molecule is COc1ccc(CC2CCN(C(=O)C3CCC(N)C3)CC2)cc1. The van der Waals surface area contributed by atoms with E-state index in [1.807, 2.05) is 12.1 Å². The number of methoxy groups -OCH3 is 1. The van der Waals surface area contributed by atoms with Crippen LogP contribution in [0.15, 0.2) is 24.3 Å². The van der Waals surface area contributed by atoms with Gasteiger partial charge < -0.3 is 15.4 Å². The molecule has 3 rings (SSSR count). The predicted molar refractivity (Wildman–Crippen MR) is 91.3 cm³/mol. The summed E-state index contributed by atoms with van der Waals surface area (Å²) >= 11 is 0. The Morgan fingerprint density at radius 3 is 2.43 bits per heavy atom. The molecule has 1 aromatic carbocycles. The molecule has 4 nitrogen and oxygen atoms in total. The van der Waals surface area contributed by atoms with Crippen molar-refractivity contribution in [3.8, 4) is 5.75 Å². The molecule has 0 aromatic heterocycles. The number of hydrogen-bond donors (Lipinski definition) is 1. The van der Waals surface area contributed by atoms with Crippen LogP contribution in [0.3, 0.4) is 0 Å². The lowest BCUT2D eigenvalue weighted by Crippen LogP contribution is -2.41. The first-order valence-electron chi connectivity index (χ1n) is 8.83. The van der Waals surface area contributed by atoms with Gasteiger partial charge in [0, 0.05) is 25.0 Å². The van der Waals surface area contributed by atoms with E-state index < -0.39 is 0 Å². The van der Waals surface area contributed by atoms with Crippen molar-refractivity contribution in [2.24, 2.45) is 17.6 Å². The number of carbonyl (C=O) groups excluding carboxylic acids is 1. The summed E-state index contributed by atoms with van der Waals surface area (Å²) in [5.41, 5.74) is 7.30. The quantitative estimate of drug-likeness (QED) is 0.929. The summed E-state index contributed by atoms with van der Waals surface area (Å²) < 4.78 is 5.20. The van der Waals surface area contributed by atoms with Crippen LogP contribution in [0, 0.1) is 11.8 Å². The van der Waals surface area contributed by atoms with Crippen molar-refractivity contribution >= 4 is 5.91 Å². The maximum Gasteiger partial charge on any atom is 0.225 e. The van der Waals surface area contributed by atoms with Crippen molar-refractivity contribution in [1.29, 1.82) is 0 Å². The van der Waals surface area contributed by atoms with Crippen LogP contribution in [0.4, 0.5) is 0 Å². The Labute approximate surface area is 139 Å². The number of nitrogens with two attached hydrogens (primary N) is 1. The number of ether oxygens (including phenoxy) is 1. The maximum absolute atomic E-state index is 12.5. The highest BCUT2D eigenvalue weighted by molar-refractivity contribution is 5.79. The molecule has 1 aliphatic heterocycles. The van der Waals surface area contributed by atoms with Crippen molar-refractivity contribution in [3.05, 3.63) is 29.8 Å². The summed E-state index contributed by atoms with van der Waals surface area (Å²) in [7, 11) is 1.69. The molecule has 126 valence electrons. The first-order chi connectivity index (χ1) is 11.2. The van der Waals surface area contributed by atoms with E-state index in [4.69, 9.17) is 10.5 Å². The van der Waals surface area contributed by atoms with Gasteiger partial charge in [-0.3, -0.25) is 4.79 Å². The van der Waals surface area contributed by atoms with Gasteiger partial charge in [0.05, 0.1) is 7.11 Å². The van der Waals surface area contributed by atoms with Crippen molar-refractivity contribution in [1.82, 2.24) is 4.90 Å². The molecule has 0 radical (unpaired) electrons. The lowest BCUT2D eigenvalue weighted by atomic mass is 9.89. The summed E-state index contributed by atoms with van der Waals surface area (Å²) in [4.78, 5) is 14.6. The van der Waals surface area contributed by atoms with Gasteiger partial charge in [0.25, 0.3) is 0 Å². The molecule has 2 unspecified atom stereocenters. The minimum atomic E-state index is 0.183. The molecular weight excluding hydrogens is 288 g/mol. The third-order valence-electron chi connectivity index (χ3n) is 5.43. The molecule has 1 saturated heterocycles. The van der Waals surface area contributed by atoms with Crippen molar-refractivity contribution in [2.75, 3.05) is 20.2 Å². The van der Waals surface area contributed by atoms with Gasteiger partial charge >= 0.3 is 0 Å². The van der Waals surface area contributed by atoms with Crippen LogP contribution < -0.4 is 10.5 Å². The summed E-state index contributed by atoms with van der Waals surface area (Å²) in [6.07, 6.45) is 6.17. The Morgan fingerprint density at radius 1 is 1.17 bits per heavy atom. The zero-order chi connectivity index (χ0) is 16.2. The Morgan fingerprint density at radius 2 is 1.87 bits per heavy atom. The van der Waals surface area contributed by atoms with Crippen LogP contribution in [-0.4, -0.2) is 37.0 Å². The van der Waals surface area contributed by atoms with Crippen molar-refractivity contribution in [2.45, 2.75) is 44.6 Å². The van der Waals surface area contributed by atoms with Crippen LogP contribution >= 0.6 is 0 Å². The third-order valence-corrected chi connectivity index (χ3v) is 5.43. The molecule has 2 aliphatic rings. The molecule has 2 fully saturated rings. The molecule has 0 bridgehead atoms. The summed E-state index contributed by atoms with van der Waals surface area (Å²) in [5, 5.41) is 0. The normalized spacial score (nSPS) is 25.6. The molecule has 1 amide bonds. The zero-order valence-corrected chi connectivity index (χ0v) is 14.0. The van der Waals surface area contributed by atoms with E-state index in [-0.39, 0.29) is 12.0 Å². The van der Waals surface area contributed by atoms with Gasteiger partial charge in [-0.25, -0.2) is 0 Å². The molecule has 2 N–H and O–H groups in total. The first-order valence-corrected chi connectivity index (χ1v) is 8.83. The van der Waals surface area contributed by atoms with Crippen LogP contribution in [0.5, 0.6) is 5.75 Å². The van der Waals surface area contributed by atoms with Crippen LogP contribution in [0.1, 0.15) is 37.7 Å². The number of carbonyl (C=O) groups is 1. The molecule has 0 spiro atoms. The highest BCUT2D eigenvalue weighted by atomic mass is 16.5. The summed E-state index contributed by atoms with van der Waals surface area (Å²) in [6.45, 7) is 1.82. The van der Waals surface area contributed by atoms with E-state index in [2.05, 4.69) is 17.0 Å². The maximum atomic E-state index is 12.5. The number of nitrogens with zero attached hydrogens (tertiary/aromatic N) is 1. The van der Waals surface area contributed by atoms with Crippen LogP contribution in [0.25, 0.3) is 0 Å². The van der Waals surface area contributed by atoms with Gasteiger partial charge in [-0.1, -0.05) is 12.1 Å². The smallest absolute Gasteiger partial charge is 0.225 e. The number of amides is 1. The Hall–Kier alpha value is -1.55. The minimum absolute atomic E-state index is 0.183. The van der Waals surface area contributed by atoms with E-state index in [1.165, 1.54) is 5.56 Å². The fourth-order valence-corrected chi connectivity index (χ4v) is 3.95. The van der Waals surface area contributed by atoms with E-state index >= 15 is 0 Å². The standard InChI is InChI=1S/C19H28N2O2/c1-23-18-6-2-14(3-7-18)12-15-8-10-21(11-9-15)19(22)16-4-5-17(20)13-16/h2-3,6-7,15-17H,4-5,8-13,20H2,1H3. The van der Waals surface area contributed by atoms with E-state index in [0.29, 0.717) is 11.8 Å². The highest BCUT2D eigenvalue weighted by Gasteiger charge is 2.32. The molecule has 1 aliphatic carbocycles. The van der Waals surface area contributed by atoms with Gasteiger partial charge in [-0.2, -0.15) is 0 Å². The third kappa shape index (κ3) is 4.05. The molecule has 23 heavy (non-hydrogen) atoms. The number of piperidine rings is 1. The first kappa shape index (κ1) is 16.3. The molecule has 1 aromatic rings.